The van der Waals surface area contributed by atoms with E-state index in [0.717, 1.165) is 15.7 Å². The van der Waals surface area contributed by atoms with Crippen molar-refractivity contribution in [2.24, 2.45) is 0 Å². The van der Waals surface area contributed by atoms with Crippen molar-refractivity contribution in [3.63, 3.8) is 0 Å². The van der Waals surface area contributed by atoms with Crippen LogP contribution in [0.2, 0.25) is 0 Å². The molecule has 0 saturated heterocycles. The van der Waals surface area contributed by atoms with Gasteiger partial charge in [-0.15, -0.1) is 0 Å². The molecule has 1 heterocycles. The van der Waals surface area contributed by atoms with Gasteiger partial charge in [0.2, 0.25) is 5.91 Å². The van der Waals surface area contributed by atoms with Gasteiger partial charge in [0, 0.05) is 13.0 Å². The molecule has 1 aromatic heterocycles. The number of aromatic nitrogens is 2. The van der Waals surface area contributed by atoms with Crippen LogP contribution in [0.4, 0.5) is 0 Å². The molecule has 4 aromatic rings. The van der Waals surface area contributed by atoms with Crippen LogP contribution in [0, 0.1) is 0 Å². The molecule has 1 amide bonds. The molecule has 0 aliphatic carbocycles. The Labute approximate surface area is 195 Å². The highest BCUT2D eigenvalue weighted by Gasteiger charge is 2.25. The second-order valence-electron chi connectivity index (χ2n) is 7.76. The fourth-order valence-electron chi connectivity index (χ4n) is 3.90. The van der Waals surface area contributed by atoms with Crippen molar-refractivity contribution in [1.82, 2.24) is 14.9 Å². The molecule has 3 aromatic carbocycles. The van der Waals surface area contributed by atoms with E-state index >= 15 is 0 Å². The molecule has 2 N–H and O–H groups in total. The topological polar surface area (TPSA) is 102 Å². The van der Waals surface area contributed by atoms with E-state index in [1.807, 2.05) is 36.4 Å². The number of ether oxygens (including phenoxy) is 2. The summed E-state index contributed by atoms with van der Waals surface area (Å²) in [4.78, 5) is 42.2. The van der Waals surface area contributed by atoms with Crippen molar-refractivity contribution in [2.45, 2.75) is 19.0 Å². The summed E-state index contributed by atoms with van der Waals surface area (Å²) in [6, 6.07) is 20.3. The van der Waals surface area contributed by atoms with E-state index in [4.69, 9.17) is 9.47 Å². The van der Waals surface area contributed by atoms with Crippen molar-refractivity contribution >= 4 is 16.8 Å². The van der Waals surface area contributed by atoms with Gasteiger partial charge >= 0.3 is 5.69 Å². The molecule has 0 fully saturated rings. The zero-order valence-corrected chi connectivity index (χ0v) is 18.9. The first-order valence-corrected chi connectivity index (χ1v) is 10.8. The van der Waals surface area contributed by atoms with E-state index in [1.165, 1.54) is 7.11 Å². The first kappa shape index (κ1) is 22.8. The SMILES string of the molecule is COc1ccc(CNC(=O)[C@@H](Cc2ccccc2)n2c(=O)[nH]c3ccccc3c2=O)cc1OC. The molecule has 8 heteroatoms. The number of carbonyl (C=O) groups excluding carboxylic acids is 1. The summed E-state index contributed by atoms with van der Waals surface area (Å²) in [5, 5.41) is 3.20. The lowest BCUT2D eigenvalue weighted by Crippen LogP contribution is -2.45. The Bertz CT molecular complexity index is 1430. The third-order valence-corrected chi connectivity index (χ3v) is 5.64. The Hall–Kier alpha value is -4.33. The summed E-state index contributed by atoms with van der Waals surface area (Å²) in [6.45, 7) is 0.185. The second kappa shape index (κ2) is 10.1. The summed E-state index contributed by atoms with van der Waals surface area (Å²) < 4.78 is 11.6. The van der Waals surface area contributed by atoms with Crippen LogP contribution in [-0.4, -0.2) is 29.7 Å². The number of fused-ring (bicyclic) bond motifs is 1. The minimum Gasteiger partial charge on any atom is -0.493 e. The van der Waals surface area contributed by atoms with Gasteiger partial charge in [-0.25, -0.2) is 9.36 Å². The number of aromatic amines is 1. The highest BCUT2D eigenvalue weighted by Crippen LogP contribution is 2.27. The van der Waals surface area contributed by atoms with Gasteiger partial charge in [-0.05, 0) is 35.4 Å². The summed E-state index contributed by atoms with van der Waals surface area (Å²) in [5.41, 5.74) is 0.892. The highest BCUT2D eigenvalue weighted by molar-refractivity contribution is 5.82. The molecule has 0 radical (unpaired) electrons. The van der Waals surface area contributed by atoms with Crippen LogP contribution in [0.15, 0.2) is 82.4 Å². The number of benzene rings is 3. The molecule has 0 aliphatic rings. The van der Waals surface area contributed by atoms with Crippen LogP contribution in [0.3, 0.4) is 0 Å². The number of H-pyrrole nitrogens is 1. The van der Waals surface area contributed by atoms with Gasteiger partial charge in [-0.3, -0.25) is 9.59 Å². The van der Waals surface area contributed by atoms with E-state index in [9.17, 15) is 14.4 Å². The first-order valence-electron chi connectivity index (χ1n) is 10.8. The molecule has 1 atom stereocenters. The van der Waals surface area contributed by atoms with Crippen molar-refractivity contribution < 1.29 is 14.3 Å². The van der Waals surface area contributed by atoms with Crippen LogP contribution >= 0.6 is 0 Å². The molecular formula is C26H25N3O5. The Morgan fingerprint density at radius 2 is 1.62 bits per heavy atom. The standard InChI is InChI=1S/C26H25N3O5/c1-33-22-13-12-18(15-23(22)34-2)16-27-24(30)21(14-17-8-4-3-5-9-17)29-25(31)19-10-6-7-11-20(19)28-26(29)32/h3-13,15,21H,14,16H2,1-2H3,(H,27,30)(H,28,32)/t21-/m1/s1. The number of hydrogen-bond donors (Lipinski definition) is 2. The zero-order valence-electron chi connectivity index (χ0n) is 18.9. The van der Waals surface area contributed by atoms with Crippen LogP contribution in [0.1, 0.15) is 17.2 Å². The van der Waals surface area contributed by atoms with E-state index in [-0.39, 0.29) is 13.0 Å². The molecule has 0 unspecified atom stereocenters. The molecule has 174 valence electrons. The van der Waals surface area contributed by atoms with Gasteiger partial charge in [-0.2, -0.15) is 0 Å². The van der Waals surface area contributed by atoms with Crippen LogP contribution in [0.5, 0.6) is 11.5 Å². The van der Waals surface area contributed by atoms with Gasteiger partial charge in [0.25, 0.3) is 5.56 Å². The predicted molar refractivity (Wildman–Crippen MR) is 129 cm³/mol. The van der Waals surface area contributed by atoms with Gasteiger partial charge in [-0.1, -0.05) is 48.5 Å². The smallest absolute Gasteiger partial charge is 0.329 e. The Morgan fingerprint density at radius 1 is 0.912 bits per heavy atom. The minimum absolute atomic E-state index is 0.180. The number of carbonyl (C=O) groups is 1. The molecule has 0 bridgehead atoms. The predicted octanol–water partition coefficient (Wildman–Crippen LogP) is 2.81. The number of rotatable bonds is 8. The lowest BCUT2D eigenvalue weighted by molar-refractivity contribution is -0.124. The van der Waals surface area contributed by atoms with Crippen LogP contribution < -0.4 is 26.0 Å². The first-order chi connectivity index (χ1) is 16.5. The molecule has 0 saturated carbocycles. The van der Waals surface area contributed by atoms with E-state index in [1.54, 1.807) is 43.5 Å². The number of amides is 1. The molecule has 8 nitrogen and oxygen atoms in total. The van der Waals surface area contributed by atoms with Crippen molar-refractivity contribution in [2.75, 3.05) is 14.2 Å². The largest absolute Gasteiger partial charge is 0.493 e. The lowest BCUT2D eigenvalue weighted by Gasteiger charge is -2.19. The monoisotopic (exact) mass is 459 g/mol. The average molecular weight is 460 g/mol. The molecular weight excluding hydrogens is 434 g/mol. The normalized spacial score (nSPS) is 11.7. The van der Waals surface area contributed by atoms with Gasteiger partial charge < -0.3 is 19.8 Å². The molecule has 34 heavy (non-hydrogen) atoms. The van der Waals surface area contributed by atoms with Crippen molar-refractivity contribution in [3.05, 3.63) is 105 Å². The number of methoxy groups -OCH3 is 2. The third-order valence-electron chi connectivity index (χ3n) is 5.64. The second-order valence-corrected chi connectivity index (χ2v) is 7.76. The van der Waals surface area contributed by atoms with Crippen molar-refractivity contribution in [3.8, 4) is 11.5 Å². The molecule has 0 aliphatic heterocycles. The fraction of sp³-hybridized carbons (Fsp3) is 0.192. The maximum Gasteiger partial charge on any atom is 0.329 e. The average Bonchev–Trinajstić information content (AvgIpc) is 2.87. The number of hydrogen-bond acceptors (Lipinski definition) is 5. The van der Waals surface area contributed by atoms with Crippen molar-refractivity contribution in [1.29, 1.82) is 0 Å². The zero-order chi connectivity index (χ0) is 24.1. The maximum absolute atomic E-state index is 13.4. The highest BCUT2D eigenvalue weighted by atomic mass is 16.5. The van der Waals surface area contributed by atoms with Gasteiger partial charge in [0.05, 0.1) is 25.1 Å². The van der Waals surface area contributed by atoms with Gasteiger partial charge in [0.1, 0.15) is 6.04 Å². The summed E-state index contributed by atoms with van der Waals surface area (Å²) in [6.07, 6.45) is 0.180. The Kier molecular flexibility index (Phi) is 6.77. The lowest BCUT2D eigenvalue weighted by atomic mass is 10.0. The maximum atomic E-state index is 13.4. The van der Waals surface area contributed by atoms with Gasteiger partial charge in [0.15, 0.2) is 11.5 Å². The van der Waals surface area contributed by atoms with Crippen LogP contribution in [-0.2, 0) is 17.8 Å². The molecule has 0 spiro atoms. The quantitative estimate of drug-likeness (QED) is 0.422. The summed E-state index contributed by atoms with van der Waals surface area (Å²) in [5.74, 6) is 0.674. The Balaban J connectivity index is 1.68. The fourth-order valence-corrected chi connectivity index (χ4v) is 3.90. The van der Waals surface area contributed by atoms with E-state index in [2.05, 4.69) is 10.3 Å². The van der Waals surface area contributed by atoms with E-state index in [0.29, 0.717) is 22.4 Å². The number of para-hydroxylation sites is 1. The van der Waals surface area contributed by atoms with Crippen LogP contribution in [0.25, 0.3) is 10.9 Å². The summed E-state index contributed by atoms with van der Waals surface area (Å²) in [7, 11) is 3.08. The van der Waals surface area contributed by atoms with E-state index < -0.39 is 23.2 Å². The Morgan fingerprint density at radius 3 is 2.35 bits per heavy atom. The molecule has 4 rings (SSSR count). The number of nitrogens with one attached hydrogen (secondary N) is 2. The number of nitrogens with zero attached hydrogens (tertiary/aromatic N) is 1. The third kappa shape index (κ3) is 4.71. The summed E-state index contributed by atoms with van der Waals surface area (Å²) >= 11 is 0. The minimum atomic E-state index is -1.04.